The van der Waals surface area contributed by atoms with E-state index in [0.29, 0.717) is 19.7 Å². The predicted octanol–water partition coefficient (Wildman–Crippen LogP) is 5.01. The zero-order valence-electron chi connectivity index (χ0n) is 15.6. The Labute approximate surface area is 164 Å². The van der Waals surface area contributed by atoms with Gasteiger partial charge in [-0.2, -0.15) is 0 Å². The molecule has 2 amide bonds. The molecule has 0 aliphatic rings. The van der Waals surface area contributed by atoms with Crippen LogP contribution in [0.5, 0.6) is 5.75 Å². The largest absolute Gasteiger partial charge is 0.494 e. The molecule has 2 N–H and O–H groups in total. The minimum Gasteiger partial charge on any atom is -0.494 e. The summed E-state index contributed by atoms with van der Waals surface area (Å²) in [5.41, 5.74) is 2.49. The van der Waals surface area contributed by atoms with Gasteiger partial charge >= 0.3 is 6.03 Å². The van der Waals surface area contributed by atoms with Gasteiger partial charge in [-0.1, -0.05) is 61.0 Å². The molecule has 140 valence electrons. The zero-order valence-corrected chi connectivity index (χ0v) is 17.2. The van der Waals surface area contributed by atoms with Crippen LogP contribution < -0.4 is 15.4 Å². The Morgan fingerprint density at radius 1 is 1.00 bits per heavy atom. The first-order chi connectivity index (χ1) is 12.3. The van der Waals surface area contributed by atoms with Gasteiger partial charge < -0.3 is 15.4 Å². The summed E-state index contributed by atoms with van der Waals surface area (Å²) in [7, 11) is 0. The average molecular weight is 419 g/mol. The Morgan fingerprint density at radius 3 is 2.27 bits per heavy atom. The van der Waals surface area contributed by atoms with Gasteiger partial charge in [0.25, 0.3) is 0 Å². The minimum absolute atomic E-state index is 0.145. The van der Waals surface area contributed by atoms with Gasteiger partial charge in [-0.3, -0.25) is 0 Å². The molecule has 0 radical (unpaired) electrons. The Hall–Kier alpha value is -2.01. The Balaban J connectivity index is 1.59. The van der Waals surface area contributed by atoms with Crippen molar-refractivity contribution >= 4 is 22.0 Å². The van der Waals surface area contributed by atoms with Gasteiger partial charge in [0.15, 0.2) is 0 Å². The van der Waals surface area contributed by atoms with E-state index in [1.165, 1.54) is 5.56 Å². The van der Waals surface area contributed by atoms with E-state index in [1.54, 1.807) is 0 Å². The lowest BCUT2D eigenvalue weighted by atomic mass is 9.87. The second-order valence-electron chi connectivity index (χ2n) is 7.21. The SMILES string of the molecule is CC(C)(C)c1ccc(OCCCNC(=O)NCc2ccc(Br)cc2)cc1. The summed E-state index contributed by atoms with van der Waals surface area (Å²) < 4.78 is 6.75. The summed E-state index contributed by atoms with van der Waals surface area (Å²) in [5.74, 6) is 0.859. The van der Waals surface area contributed by atoms with Crippen molar-refractivity contribution in [3.05, 3.63) is 64.1 Å². The number of halogens is 1. The van der Waals surface area contributed by atoms with Crippen LogP contribution in [0.4, 0.5) is 4.79 Å². The number of rotatable bonds is 7. The fraction of sp³-hybridized carbons (Fsp3) is 0.381. The lowest BCUT2D eigenvalue weighted by Gasteiger charge is -2.19. The number of ether oxygens (including phenoxy) is 1. The molecule has 0 spiro atoms. The highest BCUT2D eigenvalue weighted by Crippen LogP contribution is 2.24. The molecule has 0 aliphatic heterocycles. The van der Waals surface area contributed by atoms with E-state index in [4.69, 9.17) is 4.74 Å². The topological polar surface area (TPSA) is 50.4 Å². The smallest absolute Gasteiger partial charge is 0.315 e. The zero-order chi connectivity index (χ0) is 19.0. The molecule has 26 heavy (non-hydrogen) atoms. The molecule has 0 saturated carbocycles. The number of amides is 2. The van der Waals surface area contributed by atoms with E-state index in [0.717, 1.165) is 22.2 Å². The van der Waals surface area contributed by atoms with E-state index in [2.05, 4.69) is 59.5 Å². The van der Waals surface area contributed by atoms with Gasteiger partial charge in [-0.15, -0.1) is 0 Å². The first-order valence-electron chi connectivity index (χ1n) is 8.84. The summed E-state index contributed by atoms with van der Waals surface area (Å²) in [4.78, 5) is 11.8. The van der Waals surface area contributed by atoms with Crippen molar-refractivity contribution in [2.45, 2.75) is 39.2 Å². The van der Waals surface area contributed by atoms with Gasteiger partial charge in [0.1, 0.15) is 5.75 Å². The third kappa shape index (κ3) is 7.08. The first-order valence-corrected chi connectivity index (χ1v) is 9.63. The van der Waals surface area contributed by atoms with Gasteiger partial charge in [-0.25, -0.2) is 4.79 Å². The van der Waals surface area contributed by atoms with Crippen LogP contribution in [0.1, 0.15) is 38.3 Å². The quantitative estimate of drug-likeness (QED) is 0.620. The van der Waals surface area contributed by atoms with Crippen LogP contribution >= 0.6 is 15.9 Å². The summed E-state index contributed by atoms with van der Waals surface area (Å²) in [6, 6.07) is 15.9. The van der Waals surface area contributed by atoms with Crippen LogP contribution in [0.15, 0.2) is 53.0 Å². The maximum absolute atomic E-state index is 11.8. The molecule has 0 aromatic heterocycles. The summed E-state index contributed by atoms with van der Waals surface area (Å²) >= 11 is 3.39. The van der Waals surface area contributed by atoms with Crippen LogP contribution in [0.3, 0.4) is 0 Å². The number of hydrogen-bond acceptors (Lipinski definition) is 2. The van der Waals surface area contributed by atoms with E-state index in [1.807, 2.05) is 36.4 Å². The number of benzene rings is 2. The summed E-state index contributed by atoms with van der Waals surface area (Å²) in [6.07, 6.45) is 0.757. The molecule has 2 aromatic carbocycles. The molecule has 0 aliphatic carbocycles. The van der Waals surface area contributed by atoms with Gasteiger partial charge in [-0.05, 0) is 47.2 Å². The van der Waals surface area contributed by atoms with Crippen molar-refractivity contribution in [3.8, 4) is 5.75 Å². The Bertz CT molecular complexity index is 691. The lowest BCUT2D eigenvalue weighted by molar-refractivity contribution is 0.238. The van der Waals surface area contributed by atoms with Gasteiger partial charge in [0.2, 0.25) is 0 Å². The third-order valence-corrected chi connectivity index (χ3v) is 4.49. The molecule has 5 heteroatoms. The number of nitrogens with one attached hydrogen (secondary N) is 2. The monoisotopic (exact) mass is 418 g/mol. The molecule has 0 heterocycles. The highest BCUT2D eigenvalue weighted by Gasteiger charge is 2.12. The third-order valence-electron chi connectivity index (χ3n) is 3.96. The molecule has 4 nitrogen and oxygen atoms in total. The molecule has 0 fully saturated rings. The molecular formula is C21H27BrN2O2. The van der Waals surface area contributed by atoms with Crippen molar-refractivity contribution in [1.82, 2.24) is 10.6 Å². The normalized spacial score (nSPS) is 11.1. The van der Waals surface area contributed by atoms with Crippen molar-refractivity contribution in [2.24, 2.45) is 0 Å². The van der Waals surface area contributed by atoms with Crippen molar-refractivity contribution < 1.29 is 9.53 Å². The molecule has 0 atom stereocenters. The first kappa shape index (κ1) is 20.3. The lowest BCUT2D eigenvalue weighted by Crippen LogP contribution is -2.35. The molecular weight excluding hydrogens is 392 g/mol. The molecule has 2 rings (SSSR count). The summed E-state index contributed by atoms with van der Waals surface area (Å²) in [5, 5.41) is 5.68. The summed E-state index contributed by atoms with van der Waals surface area (Å²) in [6.45, 7) is 8.23. The fourth-order valence-electron chi connectivity index (χ4n) is 2.36. The molecule has 2 aromatic rings. The molecule has 0 bridgehead atoms. The Kier molecular flexibility index (Phi) is 7.51. The number of hydrogen-bond donors (Lipinski definition) is 2. The maximum Gasteiger partial charge on any atom is 0.315 e. The highest BCUT2D eigenvalue weighted by atomic mass is 79.9. The van der Waals surface area contributed by atoms with Crippen LogP contribution in [-0.2, 0) is 12.0 Å². The second-order valence-corrected chi connectivity index (χ2v) is 8.13. The van der Waals surface area contributed by atoms with E-state index >= 15 is 0 Å². The van der Waals surface area contributed by atoms with Crippen LogP contribution in [0, 0.1) is 0 Å². The number of carbonyl (C=O) groups is 1. The predicted molar refractivity (Wildman–Crippen MR) is 110 cm³/mol. The fourth-order valence-corrected chi connectivity index (χ4v) is 2.63. The van der Waals surface area contributed by atoms with Crippen molar-refractivity contribution in [2.75, 3.05) is 13.2 Å². The number of urea groups is 1. The highest BCUT2D eigenvalue weighted by molar-refractivity contribution is 9.10. The minimum atomic E-state index is -0.164. The van der Waals surface area contributed by atoms with E-state index in [9.17, 15) is 4.79 Å². The standard InChI is InChI=1S/C21H27BrN2O2/c1-21(2,3)17-7-11-19(12-8-17)26-14-4-13-23-20(25)24-15-16-5-9-18(22)10-6-16/h5-12H,4,13-15H2,1-3H3,(H2,23,24,25). The number of carbonyl (C=O) groups excluding carboxylic acids is 1. The Morgan fingerprint density at radius 2 is 1.65 bits per heavy atom. The van der Waals surface area contributed by atoms with Crippen molar-refractivity contribution in [1.29, 1.82) is 0 Å². The van der Waals surface area contributed by atoms with Gasteiger partial charge in [0, 0.05) is 17.6 Å². The molecule has 0 unspecified atom stereocenters. The molecule has 0 saturated heterocycles. The maximum atomic E-state index is 11.8. The van der Waals surface area contributed by atoms with E-state index in [-0.39, 0.29) is 11.4 Å². The van der Waals surface area contributed by atoms with E-state index < -0.39 is 0 Å². The van der Waals surface area contributed by atoms with Gasteiger partial charge in [0.05, 0.1) is 6.61 Å². The van der Waals surface area contributed by atoms with Crippen molar-refractivity contribution in [3.63, 3.8) is 0 Å². The second kappa shape index (κ2) is 9.62. The van der Waals surface area contributed by atoms with Crippen LogP contribution in [0.2, 0.25) is 0 Å². The average Bonchev–Trinajstić information content (AvgIpc) is 2.60. The van der Waals surface area contributed by atoms with Crippen LogP contribution in [0.25, 0.3) is 0 Å². The van der Waals surface area contributed by atoms with Crippen LogP contribution in [-0.4, -0.2) is 19.2 Å².